The van der Waals surface area contributed by atoms with E-state index in [1.165, 1.54) is 0 Å². The zero-order chi connectivity index (χ0) is 18.6. The Morgan fingerprint density at radius 3 is 2.63 bits per heavy atom. The highest BCUT2D eigenvalue weighted by Gasteiger charge is 2.32. The number of rotatable bonds is 4. The largest absolute Gasteiger partial charge is 0.352 e. The first-order chi connectivity index (χ1) is 13.2. The molecule has 1 aromatic heterocycles. The first-order valence-corrected chi connectivity index (χ1v) is 9.03. The summed E-state index contributed by atoms with van der Waals surface area (Å²) in [5.41, 5.74) is 1.77. The van der Waals surface area contributed by atoms with Crippen molar-refractivity contribution >= 4 is 35.0 Å². The molecule has 1 amide bonds. The lowest BCUT2D eigenvalue weighted by molar-refractivity contribution is -0.123. The summed E-state index contributed by atoms with van der Waals surface area (Å²) >= 11 is 5.93. The van der Waals surface area contributed by atoms with Crippen LogP contribution in [-0.2, 0) is 4.79 Å². The van der Waals surface area contributed by atoms with E-state index >= 15 is 0 Å². The molecular formula is C20H18ClN5O. The van der Waals surface area contributed by atoms with Gasteiger partial charge in [0.1, 0.15) is 11.9 Å². The Kier molecular flexibility index (Phi) is 4.89. The van der Waals surface area contributed by atoms with Crippen LogP contribution in [-0.4, -0.2) is 29.0 Å². The Morgan fingerprint density at radius 2 is 1.85 bits per heavy atom. The zero-order valence-corrected chi connectivity index (χ0v) is 15.2. The minimum atomic E-state index is -0.418. The van der Waals surface area contributed by atoms with Gasteiger partial charge in [0, 0.05) is 30.0 Å². The summed E-state index contributed by atoms with van der Waals surface area (Å²) in [6.07, 6.45) is 1.69. The van der Waals surface area contributed by atoms with Crippen LogP contribution in [0.3, 0.4) is 0 Å². The van der Waals surface area contributed by atoms with Crippen LogP contribution in [0.2, 0.25) is 5.02 Å². The van der Waals surface area contributed by atoms with Crippen molar-refractivity contribution in [1.82, 2.24) is 15.3 Å². The Morgan fingerprint density at radius 1 is 1.07 bits per heavy atom. The lowest BCUT2D eigenvalue weighted by Gasteiger charge is -2.36. The fourth-order valence-electron chi connectivity index (χ4n) is 3.11. The first-order valence-electron chi connectivity index (χ1n) is 8.66. The third-order valence-electron chi connectivity index (χ3n) is 4.36. The molecule has 6 nitrogen and oxygen atoms in total. The number of aromatic nitrogens is 2. The van der Waals surface area contributed by atoms with Crippen molar-refractivity contribution in [2.24, 2.45) is 0 Å². The van der Waals surface area contributed by atoms with Gasteiger partial charge in [0.05, 0.1) is 0 Å². The second-order valence-corrected chi connectivity index (χ2v) is 6.60. The minimum Gasteiger partial charge on any atom is -0.352 e. The highest BCUT2D eigenvalue weighted by molar-refractivity contribution is 6.30. The molecule has 7 heteroatoms. The van der Waals surface area contributed by atoms with E-state index in [0.29, 0.717) is 29.9 Å². The fourth-order valence-corrected chi connectivity index (χ4v) is 3.24. The number of hydrogen-bond acceptors (Lipinski definition) is 5. The van der Waals surface area contributed by atoms with Gasteiger partial charge in [0.25, 0.3) is 0 Å². The highest BCUT2D eigenvalue weighted by Crippen LogP contribution is 2.28. The Hall–Kier alpha value is -3.12. The summed E-state index contributed by atoms with van der Waals surface area (Å²) in [5.74, 6) is 1.14. The van der Waals surface area contributed by atoms with Crippen LogP contribution in [0.25, 0.3) is 0 Å². The second kappa shape index (κ2) is 7.63. The smallest absolute Gasteiger partial charge is 0.247 e. The van der Waals surface area contributed by atoms with Crippen LogP contribution >= 0.6 is 11.6 Å². The monoisotopic (exact) mass is 379 g/mol. The fraction of sp³-hybridized carbons (Fsp3) is 0.150. The summed E-state index contributed by atoms with van der Waals surface area (Å²) in [6, 6.07) is 18.4. The Bertz CT molecular complexity index is 933. The quantitative estimate of drug-likeness (QED) is 0.725. The first kappa shape index (κ1) is 17.3. The van der Waals surface area contributed by atoms with Gasteiger partial charge >= 0.3 is 0 Å². The maximum Gasteiger partial charge on any atom is 0.247 e. The SMILES string of the molecule is O=C1NCCN(c2ccnc(Nc3ccc(Cl)cc3)n2)C1c1ccccc1. The number of nitrogens with one attached hydrogen (secondary N) is 2. The van der Waals surface area contributed by atoms with Gasteiger partial charge < -0.3 is 15.5 Å². The van der Waals surface area contributed by atoms with Gasteiger partial charge in [0.15, 0.2) is 0 Å². The lowest BCUT2D eigenvalue weighted by atomic mass is 10.0. The van der Waals surface area contributed by atoms with E-state index in [0.717, 1.165) is 11.3 Å². The Labute approximate surface area is 162 Å². The molecule has 1 fully saturated rings. The number of nitrogens with zero attached hydrogens (tertiary/aromatic N) is 3. The van der Waals surface area contributed by atoms with E-state index in [4.69, 9.17) is 11.6 Å². The maximum absolute atomic E-state index is 12.6. The molecule has 0 spiro atoms. The van der Waals surface area contributed by atoms with Crippen LogP contribution in [0.4, 0.5) is 17.5 Å². The van der Waals surface area contributed by atoms with Crippen molar-refractivity contribution < 1.29 is 4.79 Å². The topological polar surface area (TPSA) is 70.2 Å². The molecule has 0 aliphatic carbocycles. The van der Waals surface area contributed by atoms with E-state index in [-0.39, 0.29) is 5.91 Å². The number of carbonyl (C=O) groups excluding carboxylic acids is 1. The molecule has 4 rings (SSSR count). The summed E-state index contributed by atoms with van der Waals surface area (Å²) in [7, 11) is 0. The van der Waals surface area contributed by atoms with Gasteiger partial charge in [-0.05, 0) is 35.9 Å². The summed E-state index contributed by atoms with van der Waals surface area (Å²) in [5, 5.41) is 6.77. The molecule has 27 heavy (non-hydrogen) atoms. The highest BCUT2D eigenvalue weighted by atomic mass is 35.5. The number of halogens is 1. The van der Waals surface area contributed by atoms with Crippen LogP contribution < -0.4 is 15.5 Å². The molecule has 136 valence electrons. The normalized spacial score (nSPS) is 16.7. The van der Waals surface area contributed by atoms with Crippen molar-refractivity contribution in [3.63, 3.8) is 0 Å². The number of hydrogen-bond donors (Lipinski definition) is 2. The molecule has 1 saturated heterocycles. The van der Waals surface area contributed by atoms with Gasteiger partial charge in [-0.1, -0.05) is 41.9 Å². The molecule has 0 saturated carbocycles. The zero-order valence-electron chi connectivity index (χ0n) is 14.5. The average Bonchev–Trinajstić information content (AvgIpc) is 2.70. The number of benzene rings is 2. The molecule has 1 atom stereocenters. The van der Waals surface area contributed by atoms with Crippen molar-refractivity contribution in [1.29, 1.82) is 0 Å². The number of amides is 1. The van der Waals surface area contributed by atoms with Gasteiger partial charge in [-0.25, -0.2) is 4.98 Å². The van der Waals surface area contributed by atoms with Crippen LogP contribution in [0.15, 0.2) is 66.9 Å². The number of carbonyl (C=O) groups is 1. The van der Waals surface area contributed by atoms with Gasteiger partial charge in [-0.3, -0.25) is 4.79 Å². The molecule has 1 aliphatic heterocycles. The standard InChI is InChI=1S/C20H18ClN5O/c21-15-6-8-16(9-7-15)24-20-23-11-10-17(25-20)26-13-12-22-19(27)18(26)14-4-2-1-3-5-14/h1-11,18H,12-13H2,(H,22,27)(H,23,24,25). The molecule has 1 unspecified atom stereocenters. The number of piperazine rings is 1. The minimum absolute atomic E-state index is 0.0294. The van der Waals surface area contributed by atoms with Gasteiger partial charge in [-0.2, -0.15) is 4.98 Å². The van der Waals surface area contributed by atoms with Gasteiger partial charge in [-0.15, -0.1) is 0 Å². The molecule has 3 aromatic rings. The maximum atomic E-state index is 12.6. The Balaban J connectivity index is 1.63. The average molecular weight is 380 g/mol. The molecule has 0 bridgehead atoms. The summed E-state index contributed by atoms with van der Waals surface area (Å²) in [4.78, 5) is 23.5. The molecular weight excluding hydrogens is 362 g/mol. The van der Waals surface area contributed by atoms with Gasteiger partial charge in [0.2, 0.25) is 11.9 Å². The van der Waals surface area contributed by atoms with Crippen molar-refractivity contribution in [2.45, 2.75) is 6.04 Å². The molecule has 0 radical (unpaired) electrons. The van der Waals surface area contributed by atoms with Crippen LogP contribution in [0, 0.1) is 0 Å². The summed E-state index contributed by atoms with van der Waals surface area (Å²) in [6.45, 7) is 1.24. The predicted molar refractivity (Wildman–Crippen MR) is 106 cm³/mol. The van der Waals surface area contributed by atoms with E-state index < -0.39 is 6.04 Å². The van der Waals surface area contributed by atoms with Crippen molar-refractivity contribution in [3.8, 4) is 0 Å². The third kappa shape index (κ3) is 3.85. The van der Waals surface area contributed by atoms with E-state index in [2.05, 4.69) is 20.6 Å². The number of anilines is 3. The lowest BCUT2D eigenvalue weighted by Crippen LogP contribution is -2.50. The van der Waals surface area contributed by atoms with Crippen LogP contribution in [0.5, 0.6) is 0 Å². The van der Waals surface area contributed by atoms with Crippen molar-refractivity contribution in [2.75, 3.05) is 23.3 Å². The van der Waals surface area contributed by atoms with E-state index in [9.17, 15) is 4.79 Å². The van der Waals surface area contributed by atoms with E-state index in [1.54, 1.807) is 18.3 Å². The predicted octanol–water partition coefficient (Wildman–Crippen LogP) is 3.55. The molecule has 2 heterocycles. The third-order valence-corrected chi connectivity index (χ3v) is 4.61. The molecule has 2 aromatic carbocycles. The van der Waals surface area contributed by atoms with E-state index in [1.807, 2.05) is 53.4 Å². The summed E-state index contributed by atoms with van der Waals surface area (Å²) < 4.78 is 0. The molecule has 1 aliphatic rings. The second-order valence-electron chi connectivity index (χ2n) is 6.17. The van der Waals surface area contributed by atoms with Crippen LogP contribution in [0.1, 0.15) is 11.6 Å². The molecule has 2 N–H and O–H groups in total. The van der Waals surface area contributed by atoms with Crippen molar-refractivity contribution in [3.05, 3.63) is 77.4 Å².